The Hall–Kier alpha value is -2.18. The minimum absolute atomic E-state index is 0. The van der Waals surface area contributed by atoms with Crippen LogP contribution in [0.2, 0.25) is 0 Å². The Bertz CT molecular complexity index is 1610. The summed E-state index contributed by atoms with van der Waals surface area (Å²) in [5, 5.41) is 0. The second-order valence-corrected chi connectivity index (χ2v) is 14.3. The second kappa shape index (κ2) is 15.8. The number of hydrogen-bond donors (Lipinski definition) is 0. The van der Waals surface area contributed by atoms with E-state index >= 15 is 0 Å². The van der Waals surface area contributed by atoms with Gasteiger partial charge < -0.3 is 24.8 Å². The van der Waals surface area contributed by atoms with Gasteiger partial charge in [-0.15, -0.1) is 29.3 Å². The van der Waals surface area contributed by atoms with Crippen molar-refractivity contribution in [3.05, 3.63) is 129 Å². The molecule has 1 unspecified atom stereocenters. The van der Waals surface area contributed by atoms with Crippen LogP contribution in [0.3, 0.4) is 0 Å². The van der Waals surface area contributed by atoms with Crippen LogP contribution >= 0.6 is 0 Å². The van der Waals surface area contributed by atoms with Crippen molar-refractivity contribution >= 4 is 0 Å². The maximum Gasteiger partial charge on any atom is 4.00 e. The molecule has 0 heterocycles. The summed E-state index contributed by atoms with van der Waals surface area (Å²) in [6.07, 6.45) is 8.86. The van der Waals surface area contributed by atoms with Crippen molar-refractivity contribution in [2.75, 3.05) is 0 Å². The first kappa shape index (κ1) is 40.0. The van der Waals surface area contributed by atoms with Crippen molar-refractivity contribution in [1.29, 1.82) is 0 Å². The minimum atomic E-state index is 0. The molecule has 0 saturated heterocycles. The van der Waals surface area contributed by atoms with E-state index in [4.69, 9.17) is 0 Å². The zero-order valence-corrected chi connectivity index (χ0v) is 33.4. The van der Waals surface area contributed by atoms with E-state index in [1.165, 1.54) is 83.5 Å². The quantitative estimate of drug-likeness (QED) is 0.205. The molecule has 0 nitrogen and oxygen atoms in total. The maximum absolute atomic E-state index is 3.78. The third-order valence-electron chi connectivity index (χ3n) is 9.08. The maximum atomic E-state index is 3.78. The van der Waals surface area contributed by atoms with Gasteiger partial charge in [0.15, 0.2) is 0 Å². The smallest absolute Gasteiger partial charge is 1.00 e. The number of hydrogen-bond acceptors (Lipinski definition) is 0. The predicted octanol–water partition coefficient (Wildman–Crippen LogP) is 5.85. The van der Waals surface area contributed by atoms with E-state index < -0.39 is 0 Å². The van der Waals surface area contributed by atoms with Gasteiger partial charge in [0.1, 0.15) is 0 Å². The summed E-state index contributed by atoms with van der Waals surface area (Å²) in [4.78, 5) is 0. The zero-order chi connectivity index (χ0) is 31.2. The summed E-state index contributed by atoms with van der Waals surface area (Å²) in [6, 6.07) is 24.5. The topological polar surface area (TPSA) is 0 Å². The standard InChI is InChI=1S/C31H29.C12H19.2ClH.Zr/c1-18-11-20(3)30(21(4)12-18)24-7-9-28-26(15-24)17-27-16-25(8-10-29(27)28)31-22(5)13-19(2)14-23(31)6;1-9(2)10-6-7-11(8-10)12(3,4)5;;;/h7-15H,17H2,1-6H3;7-10H,1-5H3;2*1H;/q2*-1;;;+4/p-2. The third kappa shape index (κ3) is 8.45. The zero-order valence-electron chi connectivity index (χ0n) is 29.5. The second-order valence-electron chi connectivity index (χ2n) is 14.3. The van der Waals surface area contributed by atoms with Gasteiger partial charge in [-0.05, 0) is 75.8 Å². The summed E-state index contributed by atoms with van der Waals surface area (Å²) >= 11 is 0. The van der Waals surface area contributed by atoms with Crippen LogP contribution in [0.1, 0.15) is 79.1 Å². The number of aryl methyl sites for hydroxylation is 6. The Labute approximate surface area is 311 Å². The largest absolute Gasteiger partial charge is 4.00 e. The average molecular weight is 727 g/mol. The van der Waals surface area contributed by atoms with Crippen LogP contribution in [-0.4, -0.2) is 0 Å². The molecule has 46 heavy (non-hydrogen) atoms. The van der Waals surface area contributed by atoms with Crippen molar-refractivity contribution in [3.8, 4) is 33.4 Å². The Balaban J connectivity index is 0.000000421. The molecular formula is C43H48Cl2Zr. The molecule has 0 aromatic heterocycles. The van der Waals surface area contributed by atoms with E-state index in [1.54, 1.807) is 0 Å². The van der Waals surface area contributed by atoms with Crippen molar-refractivity contribution in [2.45, 2.75) is 82.6 Å². The van der Waals surface area contributed by atoms with E-state index in [2.05, 4.69) is 155 Å². The van der Waals surface area contributed by atoms with Crippen LogP contribution < -0.4 is 24.8 Å². The molecule has 6 rings (SSSR count). The van der Waals surface area contributed by atoms with Gasteiger partial charge in [-0.1, -0.05) is 133 Å². The van der Waals surface area contributed by atoms with Crippen molar-refractivity contribution in [3.63, 3.8) is 0 Å². The summed E-state index contributed by atoms with van der Waals surface area (Å²) in [6.45, 7) is 24.5. The molecule has 0 fully saturated rings. The molecule has 1 atom stereocenters. The molecule has 0 aliphatic heterocycles. The number of benzene rings is 4. The molecule has 0 bridgehead atoms. The fraction of sp³-hybridized carbons (Fsp3) is 0.349. The Kier molecular flexibility index (Phi) is 13.8. The van der Waals surface area contributed by atoms with E-state index in [1.807, 2.05) is 0 Å². The Morgan fingerprint density at radius 2 is 1.22 bits per heavy atom. The third-order valence-corrected chi connectivity index (χ3v) is 9.08. The summed E-state index contributed by atoms with van der Waals surface area (Å²) in [7, 11) is 0. The summed E-state index contributed by atoms with van der Waals surface area (Å²) in [5.74, 6) is 1.22. The molecule has 238 valence electrons. The van der Waals surface area contributed by atoms with Crippen LogP contribution in [0.15, 0.2) is 72.3 Å². The van der Waals surface area contributed by atoms with Gasteiger partial charge in [0.25, 0.3) is 0 Å². The normalized spacial score (nSPS) is 14.3. The molecule has 3 heteroatoms. The molecular weight excluding hydrogens is 679 g/mol. The molecule has 0 saturated carbocycles. The number of halogens is 2. The first-order chi connectivity index (χ1) is 20.2. The van der Waals surface area contributed by atoms with Crippen LogP contribution in [0.5, 0.6) is 0 Å². The Morgan fingerprint density at radius 3 is 1.70 bits per heavy atom. The van der Waals surface area contributed by atoms with Gasteiger partial charge in [0.2, 0.25) is 0 Å². The van der Waals surface area contributed by atoms with Crippen molar-refractivity contribution in [2.24, 2.45) is 17.3 Å². The van der Waals surface area contributed by atoms with Gasteiger partial charge in [-0.25, -0.2) is 6.08 Å². The molecule has 2 aliphatic rings. The minimum Gasteiger partial charge on any atom is -1.00 e. The average Bonchev–Trinajstić information content (AvgIpc) is 3.53. The molecule has 4 aromatic carbocycles. The van der Waals surface area contributed by atoms with Gasteiger partial charge in [-0.2, -0.15) is 11.6 Å². The Morgan fingerprint density at radius 1 is 0.696 bits per heavy atom. The van der Waals surface area contributed by atoms with Crippen LogP contribution in [0.25, 0.3) is 33.4 Å². The predicted molar refractivity (Wildman–Crippen MR) is 186 cm³/mol. The first-order valence-electron chi connectivity index (χ1n) is 15.9. The van der Waals surface area contributed by atoms with Crippen molar-refractivity contribution in [1.82, 2.24) is 0 Å². The molecule has 0 amide bonds. The van der Waals surface area contributed by atoms with Crippen LogP contribution in [0, 0.1) is 70.9 Å². The molecule has 2 aliphatic carbocycles. The summed E-state index contributed by atoms with van der Waals surface area (Å²) in [5.41, 5.74) is 20.4. The SMILES string of the molecule is CC(C)C1[C-]=CC(C(C)(C)C)=C1.Cc1cc(C)c(-c2[c-]c3c(cc2)-c2ccc(-c4c(C)cc(C)cc4C)cc2C3)c(C)c1.[Cl-].[Cl-].[Zr+4]. The van der Waals surface area contributed by atoms with E-state index in [9.17, 15) is 0 Å². The van der Waals surface area contributed by atoms with Crippen molar-refractivity contribution < 1.29 is 51.0 Å². The summed E-state index contributed by atoms with van der Waals surface area (Å²) < 4.78 is 0. The first-order valence-corrected chi connectivity index (χ1v) is 15.9. The van der Waals surface area contributed by atoms with Gasteiger partial charge >= 0.3 is 26.2 Å². The van der Waals surface area contributed by atoms with Gasteiger partial charge in [0.05, 0.1) is 0 Å². The van der Waals surface area contributed by atoms with E-state index in [0.717, 1.165) is 6.42 Å². The molecule has 4 aromatic rings. The number of rotatable bonds is 3. The fourth-order valence-corrected chi connectivity index (χ4v) is 6.99. The van der Waals surface area contributed by atoms with E-state index in [-0.39, 0.29) is 56.4 Å². The van der Waals surface area contributed by atoms with Crippen LogP contribution in [0.4, 0.5) is 0 Å². The van der Waals surface area contributed by atoms with Gasteiger partial charge in [-0.3, -0.25) is 6.08 Å². The molecule has 0 N–H and O–H groups in total. The monoisotopic (exact) mass is 724 g/mol. The molecule has 0 spiro atoms. The molecule has 0 radical (unpaired) electrons. The fourth-order valence-electron chi connectivity index (χ4n) is 6.99. The van der Waals surface area contributed by atoms with Gasteiger partial charge in [0, 0.05) is 0 Å². The van der Waals surface area contributed by atoms with Crippen LogP contribution in [-0.2, 0) is 32.6 Å². The number of allylic oxidation sites excluding steroid dienone is 4. The van der Waals surface area contributed by atoms with E-state index in [0.29, 0.717) is 11.8 Å². The number of fused-ring (bicyclic) bond motifs is 3.